The van der Waals surface area contributed by atoms with Gasteiger partial charge in [0.25, 0.3) is 0 Å². The summed E-state index contributed by atoms with van der Waals surface area (Å²) in [7, 11) is 0. The van der Waals surface area contributed by atoms with Crippen LogP contribution in [0, 0.1) is 11.2 Å². The molecule has 0 saturated heterocycles. The Morgan fingerprint density at radius 3 is 2.44 bits per heavy atom. The maximum Gasteiger partial charge on any atom is 0.123 e. The van der Waals surface area contributed by atoms with Gasteiger partial charge in [-0.05, 0) is 48.9 Å². The summed E-state index contributed by atoms with van der Waals surface area (Å²) in [6.45, 7) is 4.27. The molecule has 1 saturated carbocycles. The molecule has 0 amide bonds. The smallest absolute Gasteiger partial charge is 0.123 e. The van der Waals surface area contributed by atoms with Gasteiger partial charge in [0.05, 0.1) is 0 Å². The number of rotatable bonds is 5. The molecule has 0 spiro atoms. The van der Waals surface area contributed by atoms with E-state index in [0.717, 1.165) is 19.5 Å². The second kappa shape index (κ2) is 4.96. The van der Waals surface area contributed by atoms with Crippen molar-refractivity contribution in [2.75, 3.05) is 13.1 Å². The molecule has 2 rings (SSSR count). The average Bonchev–Trinajstić information content (AvgIpc) is 2.25. The fourth-order valence-electron chi connectivity index (χ4n) is 2.52. The van der Waals surface area contributed by atoms with Gasteiger partial charge < -0.3 is 5.32 Å². The van der Waals surface area contributed by atoms with Crippen LogP contribution in [-0.2, 0) is 6.42 Å². The monoisotopic (exact) mass is 221 g/mol. The Balaban J connectivity index is 1.98. The van der Waals surface area contributed by atoms with Crippen molar-refractivity contribution >= 4 is 0 Å². The van der Waals surface area contributed by atoms with E-state index in [9.17, 15) is 4.39 Å². The minimum atomic E-state index is -0.141. The molecular formula is C14H20FN. The molecule has 1 nitrogen and oxygen atoms in total. The van der Waals surface area contributed by atoms with Gasteiger partial charge in [-0.3, -0.25) is 0 Å². The first-order chi connectivity index (χ1) is 7.74. The third-order valence-corrected chi connectivity index (χ3v) is 3.66. The molecule has 88 valence electrons. The van der Waals surface area contributed by atoms with Crippen LogP contribution in [0.25, 0.3) is 0 Å². The highest BCUT2D eigenvalue weighted by molar-refractivity contribution is 5.18. The molecule has 0 aromatic heterocycles. The summed E-state index contributed by atoms with van der Waals surface area (Å²) in [5, 5.41) is 3.45. The van der Waals surface area contributed by atoms with Crippen molar-refractivity contribution in [2.45, 2.75) is 32.6 Å². The number of nitrogens with one attached hydrogen (secondary N) is 1. The van der Waals surface area contributed by atoms with E-state index in [0.29, 0.717) is 5.41 Å². The molecule has 0 heterocycles. The minimum Gasteiger partial charge on any atom is -0.316 e. The summed E-state index contributed by atoms with van der Waals surface area (Å²) < 4.78 is 12.8. The van der Waals surface area contributed by atoms with E-state index in [4.69, 9.17) is 0 Å². The highest BCUT2D eigenvalue weighted by atomic mass is 19.1. The highest BCUT2D eigenvalue weighted by Gasteiger charge is 2.36. The molecule has 1 fully saturated rings. The third-order valence-electron chi connectivity index (χ3n) is 3.66. The van der Waals surface area contributed by atoms with E-state index in [1.54, 1.807) is 12.1 Å². The molecule has 0 atom stereocenters. The van der Waals surface area contributed by atoms with Crippen LogP contribution >= 0.6 is 0 Å². The molecule has 1 aromatic carbocycles. The highest BCUT2D eigenvalue weighted by Crippen LogP contribution is 2.43. The number of halogens is 1. The Bertz CT molecular complexity index is 327. The Morgan fingerprint density at radius 1 is 1.25 bits per heavy atom. The molecular weight excluding hydrogens is 201 g/mol. The topological polar surface area (TPSA) is 12.0 Å². The normalized spacial score (nSPS) is 18.1. The quantitative estimate of drug-likeness (QED) is 0.805. The lowest BCUT2D eigenvalue weighted by Crippen LogP contribution is -2.41. The first-order valence-corrected chi connectivity index (χ1v) is 6.19. The van der Waals surface area contributed by atoms with Crippen LogP contribution in [0.1, 0.15) is 31.7 Å². The van der Waals surface area contributed by atoms with Crippen molar-refractivity contribution in [1.82, 2.24) is 5.32 Å². The summed E-state index contributed by atoms with van der Waals surface area (Å²) in [6, 6.07) is 6.96. The van der Waals surface area contributed by atoms with Crippen molar-refractivity contribution in [1.29, 1.82) is 0 Å². The first kappa shape index (κ1) is 11.6. The van der Waals surface area contributed by atoms with Crippen LogP contribution < -0.4 is 5.32 Å². The molecule has 16 heavy (non-hydrogen) atoms. The van der Waals surface area contributed by atoms with E-state index < -0.39 is 0 Å². The number of hydrogen-bond donors (Lipinski definition) is 1. The third kappa shape index (κ3) is 2.62. The van der Waals surface area contributed by atoms with Crippen molar-refractivity contribution in [2.24, 2.45) is 5.41 Å². The van der Waals surface area contributed by atoms with E-state index in [1.807, 2.05) is 12.1 Å². The van der Waals surface area contributed by atoms with Crippen LogP contribution in [0.5, 0.6) is 0 Å². The Kier molecular flexibility index (Phi) is 3.59. The van der Waals surface area contributed by atoms with Crippen LogP contribution in [-0.4, -0.2) is 13.1 Å². The van der Waals surface area contributed by atoms with Gasteiger partial charge in [-0.15, -0.1) is 0 Å². The first-order valence-electron chi connectivity index (χ1n) is 6.19. The fraction of sp³-hybridized carbons (Fsp3) is 0.571. The largest absolute Gasteiger partial charge is 0.316 e. The van der Waals surface area contributed by atoms with Crippen molar-refractivity contribution in [3.63, 3.8) is 0 Å². The molecule has 1 aliphatic rings. The van der Waals surface area contributed by atoms with Crippen LogP contribution in [0.15, 0.2) is 24.3 Å². The maximum atomic E-state index is 12.8. The average molecular weight is 221 g/mol. The zero-order valence-corrected chi connectivity index (χ0v) is 9.93. The summed E-state index contributed by atoms with van der Waals surface area (Å²) in [6.07, 6.45) is 5.03. The summed E-state index contributed by atoms with van der Waals surface area (Å²) in [5.74, 6) is -0.141. The summed E-state index contributed by atoms with van der Waals surface area (Å²) in [4.78, 5) is 0. The summed E-state index contributed by atoms with van der Waals surface area (Å²) in [5.41, 5.74) is 1.70. The molecule has 0 radical (unpaired) electrons. The van der Waals surface area contributed by atoms with Crippen molar-refractivity contribution in [3.05, 3.63) is 35.6 Å². The second-order valence-corrected chi connectivity index (χ2v) is 4.94. The van der Waals surface area contributed by atoms with Gasteiger partial charge in [-0.2, -0.15) is 0 Å². The van der Waals surface area contributed by atoms with Gasteiger partial charge in [0.1, 0.15) is 5.82 Å². The van der Waals surface area contributed by atoms with Gasteiger partial charge in [0.2, 0.25) is 0 Å². The van der Waals surface area contributed by atoms with Gasteiger partial charge in [-0.25, -0.2) is 4.39 Å². The SMILES string of the molecule is CCNCC1(Cc2ccc(F)cc2)CCC1. The van der Waals surface area contributed by atoms with Gasteiger partial charge in [0, 0.05) is 6.54 Å². The summed E-state index contributed by atoms with van der Waals surface area (Å²) >= 11 is 0. The lowest BCUT2D eigenvalue weighted by molar-refractivity contribution is 0.131. The molecule has 2 heteroatoms. The van der Waals surface area contributed by atoms with Gasteiger partial charge in [-0.1, -0.05) is 25.5 Å². The van der Waals surface area contributed by atoms with Crippen LogP contribution in [0.3, 0.4) is 0 Å². The van der Waals surface area contributed by atoms with E-state index >= 15 is 0 Å². The van der Waals surface area contributed by atoms with E-state index in [1.165, 1.54) is 24.8 Å². The van der Waals surface area contributed by atoms with Crippen molar-refractivity contribution < 1.29 is 4.39 Å². The Morgan fingerprint density at radius 2 is 1.94 bits per heavy atom. The molecule has 0 aliphatic heterocycles. The Labute approximate surface area is 97.1 Å². The fourth-order valence-corrected chi connectivity index (χ4v) is 2.52. The zero-order chi connectivity index (χ0) is 11.4. The molecule has 1 aliphatic carbocycles. The minimum absolute atomic E-state index is 0.141. The zero-order valence-electron chi connectivity index (χ0n) is 9.93. The maximum absolute atomic E-state index is 12.8. The predicted molar refractivity (Wildman–Crippen MR) is 64.9 cm³/mol. The molecule has 1 N–H and O–H groups in total. The molecule has 0 bridgehead atoms. The lowest BCUT2D eigenvalue weighted by atomic mass is 9.65. The molecule has 1 aromatic rings. The predicted octanol–water partition coefficient (Wildman–Crippen LogP) is 3.15. The van der Waals surface area contributed by atoms with Gasteiger partial charge >= 0.3 is 0 Å². The second-order valence-electron chi connectivity index (χ2n) is 4.94. The van der Waals surface area contributed by atoms with Gasteiger partial charge in [0.15, 0.2) is 0 Å². The number of hydrogen-bond acceptors (Lipinski definition) is 1. The number of benzene rings is 1. The standard InChI is InChI=1S/C14H20FN/c1-2-16-11-14(8-3-9-14)10-12-4-6-13(15)7-5-12/h4-7,16H,2-3,8-11H2,1H3. The van der Waals surface area contributed by atoms with E-state index in [2.05, 4.69) is 12.2 Å². The molecule has 0 unspecified atom stereocenters. The van der Waals surface area contributed by atoms with Crippen molar-refractivity contribution in [3.8, 4) is 0 Å². The lowest BCUT2D eigenvalue weighted by Gasteiger charge is -2.42. The van der Waals surface area contributed by atoms with Crippen LogP contribution in [0.2, 0.25) is 0 Å². The van der Waals surface area contributed by atoms with Crippen LogP contribution in [0.4, 0.5) is 4.39 Å². The Hall–Kier alpha value is -0.890. The van der Waals surface area contributed by atoms with E-state index in [-0.39, 0.29) is 5.82 Å².